The smallest absolute Gasteiger partial charge is 0.321 e. The van der Waals surface area contributed by atoms with Gasteiger partial charge in [-0.25, -0.2) is 4.79 Å². The highest BCUT2D eigenvalue weighted by Gasteiger charge is 2.14. The van der Waals surface area contributed by atoms with Gasteiger partial charge in [0.05, 0.1) is 25.9 Å². The van der Waals surface area contributed by atoms with E-state index in [0.29, 0.717) is 5.76 Å². The molecule has 0 radical (unpaired) electrons. The Balaban J connectivity index is 1.72. The molecule has 2 aromatic rings. The Kier molecular flexibility index (Phi) is 7.13. The number of carbonyl (C=O) groups is 3. The molecule has 4 amide bonds. The van der Waals surface area contributed by atoms with Crippen LogP contribution >= 0.6 is 0 Å². The van der Waals surface area contributed by atoms with Crippen LogP contribution in [0.1, 0.15) is 16.9 Å². The molecule has 3 N–H and O–H groups in total. The van der Waals surface area contributed by atoms with Crippen molar-refractivity contribution in [1.29, 1.82) is 0 Å². The molecule has 0 saturated heterocycles. The van der Waals surface area contributed by atoms with Gasteiger partial charge in [0.1, 0.15) is 5.76 Å². The molecule has 0 bridgehead atoms. The summed E-state index contributed by atoms with van der Waals surface area (Å²) in [4.78, 5) is 37.2. The van der Waals surface area contributed by atoms with Crippen LogP contribution in [0.5, 0.6) is 0 Å². The Morgan fingerprint density at radius 1 is 1.04 bits per heavy atom. The first-order valence-corrected chi connectivity index (χ1v) is 8.50. The summed E-state index contributed by atoms with van der Waals surface area (Å²) in [5.74, 6) is -0.159. The van der Waals surface area contributed by atoms with Gasteiger partial charge in [0.25, 0.3) is 0 Å². The molecule has 1 aromatic carbocycles. The molecular formula is C19H24N4O4. The van der Waals surface area contributed by atoms with Crippen molar-refractivity contribution in [3.63, 3.8) is 0 Å². The zero-order valence-electron chi connectivity index (χ0n) is 15.7. The number of nitrogens with one attached hydrogen (secondary N) is 3. The highest BCUT2D eigenvalue weighted by Crippen LogP contribution is 2.17. The molecule has 0 atom stereocenters. The van der Waals surface area contributed by atoms with Crippen LogP contribution in [0.2, 0.25) is 0 Å². The molecule has 0 aliphatic heterocycles. The zero-order chi connectivity index (χ0) is 19.8. The molecule has 27 heavy (non-hydrogen) atoms. The number of hydrogen-bond donors (Lipinski definition) is 3. The van der Waals surface area contributed by atoms with Gasteiger partial charge in [-0.3, -0.25) is 19.8 Å². The van der Waals surface area contributed by atoms with E-state index in [1.807, 2.05) is 32.0 Å². The standard InChI is InChI=1S/C19H24N4O4/c1-13-6-4-8-16(14(13)2)21-17(24)11-23(3)12-18(25)22-19(26)20-10-15-7-5-9-27-15/h4-9H,10-12H2,1-3H3,(H,21,24)(H2,20,22,25,26). The summed E-state index contributed by atoms with van der Waals surface area (Å²) in [6.45, 7) is 4.02. The van der Waals surface area contributed by atoms with Gasteiger partial charge >= 0.3 is 6.03 Å². The van der Waals surface area contributed by atoms with Crippen molar-refractivity contribution in [3.8, 4) is 0 Å². The summed E-state index contributed by atoms with van der Waals surface area (Å²) in [6.07, 6.45) is 1.50. The van der Waals surface area contributed by atoms with Crippen molar-refractivity contribution >= 4 is 23.5 Å². The van der Waals surface area contributed by atoms with Gasteiger partial charge in [0.15, 0.2) is 0 Å². The number of urea groups is 1. The van der Waals surface area contributed by atoms with Crippen molar-refractivity contribution < 1.29 is 18.8 Å². The average molecular weight is 372 g/mol. The van der Waals surface area contributed by atoms with E-state index in [1.54, 1.807) is 19.2 Å². The molecule has 1 aromatic heterocycles. The van der Waals surface area contributed by atoms with Crippen molar-refractivity contribution in [3.05, 3.63) is 53.5 Å². The van der Waals surface area contributed by atoms with Crippen LogP contribution in [-0.2, 0) is 16.1 Å². The lowest BCUT2D eigenvalue weighted by Crippen LogP contribution is -2.44. The number of imide groups is 1. The predicted octanol–water partition coefficient (Wildman–Crippen LogP) is 1.79. The fourth-order valence-electron chi connectivity index (χ4n) is 2.41. The van der Waals surface area contributed by atoms with E-state index >= 15 is 0 Å². The van der Waals surface area contributed by atoms with Crippen molar-refractivity contribution in [2.24, 2.45) is 0 Å². The van der Waals surface area contributed by atoms with Crippen LogP contribution in [0.3, 0.4) is 0 Å². The van der Waals surface area contributed by atoms with E-state index in [-0.39, 0.29) is 25.5 Å². The molecule has 1 heterocycles. The number of carbonyl (C=O) groups excluding carboxylic acids is 3. The van der Waals surface area contributed by atoms with Gasteiger partial charge in [-0.05, 0) is 50.2 Å². The summed E-state index contributed by atoms with van der Waals surface area (Å²) in [5.41, 5.74) is 2.83. The van der Waals surface area contributed by atoms with Crippen LogP contribution in [0.15, 0.2) is 41.0 Å². The topological polar surface area (TPSA) is 104 Å². The van der Waals surface area contributed by atoms with Gasteiger partial charge in [-0.15, -0.1) is 0 Å². The van der Waals surface area contributed by atoms with E-state index in [2.05, 4.69) is 16.0 Å². The van der Waals surface area contributed by atoms with Gasteiger partial charge in [-0.2, -0.15) is 0 Å². The fourth-order valence-corrected chi connectivity index (χ4v) is 2.41. The van der Waals surface area contributed by atoms with Gasteiger partial charge < -0.3 is 15.1 Å². The molecular weight excluding hydrogens is 348 g/mol. The monoisotopic (exact) mass is 372 g/mol. The van der Waals surface area contributed by atoms with E-state index in [9.17, 15) is 14.4 Å². The van der Waals surface area contributed by atoms with Crippen LogP contribution in [0, 0.1) is 13.8 Å². The first kappa shape index (κ1) is 20.2. The van der Waals surface area contributed by atoms with E-state index < -0.39 is 11.9 Å². The van der Waals surface area contributed by atoms with Crippen LogP contribution in [0.25, 0.3) is 0 Å². The van der Waals surface area contributed by atoms with Crippen molar-refractivity contribution in [1.82, 2.24) is 15.5 Å². The normalized spacial score (nSPS) is 10.5. The quantitative estimate of drug-likeness (QED) is 0.687. The Morgan fingerprint density at radius 2 is 1.78 bits per heavy atom. The number of nitrogens with zero attached hydrogens (tertiary/aromatic N) is 1. The third-order valence-corrected chi connectivity index (χ3v) is 3.96. The maximum atomic E-state index is 12.1. The van der Waals surface area contributed by atoms with Crippen molar-refractivity contribution in [2.45, 2.75) is 20.4 Å². The summed E-state index contributed by atoms with van der Waals surface area (Å²) in [7, 11) is 1.63. The molecule has 144 valence electrons. The molecule has 0 spiro atoms. The Labute approximate surface area is 157 Å². The Bertz CT molecular complexity index is 802. The Hall–Kier alpha value is -3.13. The molecule has 0 aliphatic rings. The highest BCUT2D eigenvalue weighted by molar-refractivity contribution is 5.96. The third kappa shape index (κ3) is 6.59. The predicted molar refractivity (Wildman–Crippen MR) is 101 cm³/mol. The second-order valence-corrected chi connectivity index (χ2v) is 6.28. The fraction of sp³-hybridized carbons (Fsp3) is 0.316. The number of benzene rings is 1. The summed E-state index contributed by atoms with van der Waals surface area (Å²) in [5, 5.41) is 7.55. The molecule has 8 heteroatoms. The number of hydrogen-bond acceptors (Lipinski definition) is 5. The molecule has 0 unspecified atom stereocenters. The van der Waals surface area contributed by atoms with Gasteiger partial charge in [0, 0.05) is 5.69 Å². The third-order valence-electron chi connectivity index (χ3n) is 3.96. The van der Waals surface area contributed by atoms with Crippen LogP contribution < -0.4 is 16.0 Å². The van der Waals surface area contributed by atoms with Gasteiger partial charge in [0.2, 0.25) is 11.8 Å². The Morgan fingerprint density at radius 3 is 2.48 bits per heavy atom. The van der Waals surface area contributed by atoms with E-state index in [1.165, 1.54) is 11.2 Å². The lowest BCUT2D eigenvalue weighted by atomic mass is 10.1. The summed E-state index contributed by atoms with van der Waals surface area (Å²) >= 11 is 0. The lowest BCUT2D eigenvalue weighted by Gasteiger charge is -2.16. The largest absolute Gasteiger partial charge is 0.467 e. The van der Waals surface area contributed by atoms with Crippen molar-refractivity contribution in [2.75, 3.05) is 25.5 Å². The number of likely N-dealkylation sites (N-methyl/N-ethyl adjacent to an activating group) is 1. The first-order valence-electron chi connectivity index (χ1n) is 8.50. The van der Waals surface area contributed by atoms with Gasteiger partial charge in [-0.1, -0.05) is 12.1 Å². The minimum atomic E-state index is -0.621. The number of furan rings is 1. The average Bonchev–Trinajstić information content (AvgIpc) is 3.10. The van der Waals surface area contributed by atoms with E-state index in [0.717, 1.165) is 16.8 Å². The number of anilines is 1. The molecule has 0 fully saturated rings. The second kappa shape index (κ2) is 9.54. The molecule has 0 aliphatic carbocycles. The number of aryl methyl sites for hydroxylation is 1. The summed E-state index contributed by atoms with van der Waals surface area (Å²) < 4.78 is 5.08. The lowest BCUT2D eigenvalue weighted by molar-refractivity contribution is -0.122. The summed E-state index contributed by atoms with van der Waals surface area (Å²) in [6, 6.07) is 8.47. The zero-order valence-corrected chi connectivity index (χ0v) is 15.7. The number of amides is 4. The van der Waals surface area contributed by atoms with Crippen LogP contribution in [0.4, 0.5) is 10.5 Å². The maximum absolute atomic E-state index is 12.1. The van der Waals surface area contributed by atoms with Crippen LogP contribution in [-0.4, -0.2) is 42.9 Å². The highest BCUT2D eigenvalue weighted by atomic mass is 16.3. The minimum absolute atomic E-state index is 0.0226. The second-order valence-electron chi connectivity index (χ2n) is 6.28. The SMILES string of the molecule is Cc1cccc(NC(=O)CN(C)CC(=O)NC(=O)NCc2ccco2)c1C. The minimum Gasteiger partial charge on any atom is -0.467 e. The van der Waals surface area contributed by atoms with E-state index in [4.69, 9.17) is 4.42 Å². The number of rotatable bonds is 7. The molecule has 8 nitrogen and oxygen atoms in total. The molecule has 0 saturated carbocycles. The first-order chi connectivity index (χ1) is 12.8. The maximum Gasteiger partial charge on any atom is 0.321 e. The molecule has 2 rings (SSSR count).